The maximum Gasteiger partial charge on any atom is 0.347 e. The number of phenols is 1. The summed E-state index contributed by atoms with van der Waals surface area (Å²) in [6, 6.07) is 3.02. The van der Waals surface area contributed by atoms with Crippen molar-refractivity contribution in [1.29, 1.82) is 0 Å². The number of aromatic hydroxyl groups is 1. The topological polar surface area (TPSA) is 66.8 Å². The van der Waals surface area contributed by atoms with Crippen LogP contribution in [0, 0.1) is 0 Å². The first-order chi connectivity index (χ1) is 8.04. The van der Waals surface area contributed by atoms with Gasteiger partial charge in [0.1, 0.15) is 4.88 Å². The molecule has 0 aliphatic carbocycles. The lowest BCUT2D eigenvalue weighted by molar-refractivity contribution is 0.0702. The fourth-order valence-electron chi connectivity index (χ4n) is 1.49. The first kappa shape index (κ1) is 12.0. The molecule has 1 heterocycles. The first-order valence-electron chi connectivity index (χ1n) is 4.85. The number of carboxylic acids is 1. The Morgan fingerprint density at radius 2 is 2.24 bits per heavy atom. The predicted octanol–water partition coefficient (Wildman–Crippen LogP) is 3.36. The minimum atomic E-state index is -1.08. The summed E-state index contributed by atoms with van der Waals surface area (Å²) in [5.41, 5.74) is 0. The molecule has 90 valence electrons. The molecule has 0 saturated carbocycles. The standard InChI is InChI=1S/C11H9ClO4S/c1-2-16-7-3-5-8(4-6(7)13)17-10(9(5)12)11(14)15/h3-4,13H,2H2,1H3,(H,14,15). The molecule has 0 bridgehead atoms. The Morgan fingerprint density at radius 3 is 2.82 bits per heavy atom. The fourth-order valence-corrected chi connectivity index (χ4v) is 2.85. The maximum atomic E-state index is 10.9. The number of ether oxygens (including phenoxy) is 1. The third-order valence-electron chi connectivity index (χ3n) is 2.20. The fraction of sp³-hybridized carbons (Fsp3) is 0.182. The normalized spacial score (nSPS) is 10.7. The van der Waals surface area contributed by atoms with E-state index in [2.05, 4.69) is 0 Å². The van der Waals surface area contributed by atoms with Crippen LogP contribution in [-0.4, -0.2) is 22.8 Å². The Labute approximate surface area is 106 Å². The van der Waals surface area contributed by atoms with Crippen LogP contribution in [0.25, 0.3) is 10.1 Å². The smallest absolute Gasteiger partial charge is 0.347 e. The predicted molar refractivity (Wildman–Crippen MR) is 66.6 cm³/mol. The Hall–Kier alpha value is -1.46. The number of hydrogen-bond donors (Lipinski definition) is 2. The van der Waals surface area contributed by atoms with Gasteiger partial charge in [-0.25, -0.2) is 4.79 Å². The van der Waals surface area contributed by atoms with Gasteiger partial charge in [0, 0.05) is 16.2 Å². The van der Waals surface area contributed by atoms with Crippen molar-refractivity contribution in [3.05, 3.63) is 22.0 Å². The lowest BCUT2D eigenvalue weighted by Crippen LogP contribution is -1.92. The summed E-state index contributed by atoms with van der Waals surface area (Å²) in [7, 11) is 0. The van der Waals surface area contributed by atoms with Crippen molar-refractivity contribution in [2.24, 2.45) is 0 Å². The second-order valence-electron chi connectivity index (χ2n) is 3.30. The third-order valence-corrected chi connectivity index (χ3v) is 3.85. The van der Waals surface area contributed by atoms with E-state index < -0.39 is 5.97 Å². The van der Waals surface area contributed by atoms with Gasteiger partial charge in [0.15, 0.2) is 11.5 Å². The molecule has 2 N–H and O–H groups in total. The zero-order valence-corrected chi connectivity index (χ0v) is 10.4. The maximum absolute atomic E-state index is 10.9. The molecule has 1 aromatic heterocycles. The SMILES string of the molecule is CCOc1cc2c(Cl)c(C(=O)O)sc2cc1O. The van der Waals surface area contributed by atoms with Crippen LogP contribution >= 0.6 is 22.9 Å². The minimum Gasteiger partial charge on any atom is -0.504 e. The average Bonchev–Trinajstić information content (AvgIpc) is 2.57. The number of thiophene rings is 1. The van der Waals surface area contributed by atoms with Crippen LogP contribution in [0.15, 0.2) is 12.1 Å². The lowest BCUT2D eigenvalue weighted by atomic mass is 10.2. The Morgan fingerprint density at radius 1 is 1.53 bits per heavy atom. The van der Waals surface area contributed by atoms with Gasteiger partial charge in [-0.1, -0.05) is 11.6 Å². The highest BCUT2D eigenvalue weighted by Crippen LogP contribution is 2.41. The minimum absolute atomic E-state index is 0.0193. The summed E-state index contributed by atoms with van der Waals surface area (Å²) in [6.45, 7) is 2.20. The van der Waals surface area contributed by atoms with E-state index in [9.17, 15) is 9.90 Å². The zero-order valence-electron chi connectivity index (χ0n) is 8.86. The van der Waals surface area contributed by atoms with Crippen molar-refractivity contribution in [2.45, 2.75) is 6.92 Å². The van der Waals surface area contributed by atoms with Gasteiger partial charge in [0.05, 0.1) is 11.6 Å². The molecule has 0 fully saturated rings. The van der Waals surface area contributed by atoms with E-state index in [-0.39, 0.29) is 15.6 Å². The number of carbonyl (C=O) groups is 1. The quantitative estimate of drug-likeness (QED) is 0.899. The van der Waals surface area contributed by atoms with Crippen LogP contribution < -0.4 is 4.74 Å². The summed E-state index contributed by atoms with van der Waals surface area (Å²) < 4.78 is 5.84. The van der Waals surface area contributed by atoms with Gasteiger partial charge in [-0.15, -0.1) is 11.3 Å². The summed E-state index contributed by atoms with van der Waals surface area (Å²) in [5, 5.41) is 19.4. The molecular weight excluding hydrogens is 264 g/mol. The van der Waals surface area contributed by atoms with E-state index in [1.54, 1.807) is 13.0 Å². The molecule has 2 rings (SSSR count). The van der Waals surface area contributed by atoms with Crippen LogP contribution in [0.1, 0.15) is 16.6 Å². The molecule has 17 heavy (non-hydrogen) atoms. The Balaban J connectivity index is 2.67. The molecule has 0 atom stereocenters. The number of halogens is 1. The molecule has 0 amide bonds. The van der Waals surface area contributed by atoms with Gasteiger partial charge < -0.3 is 14.9 Å². The van der Waals surface area contributed by atoms with Gasteiger partial charge in [-0.2, -0.15) is 0 Å². The molecule has 0 radical (unpaired) electrons. The van der Waals surface area contributed by atoms with Crippen LogP contribution in [0.4, 0.5) is 0 Å². The van der Waals surface area contributed by atoms with Gasteiger partial charge in [0.25, 0.3) is 0 Å². The van der Waals surface area contributed by atoms with E-state index in [1.165, 1.54) is 6.07 Å². The van der Waals surface area contributed by atoms with Crippen molar-refractivity contribution < 1.29 is 19.7 Å². The number of hydrogen-bond acceptors (Lipinski definition) is 4. The highest BCUT2D eigenvalue weighted by Gasteiger charge is 2.18. The zero-order chi connectivity index (χ0) is 12.6. The van der Waals surface area contributed by atoms with Crippen LogP contribution in [0.5, 0.6) is 11.5 Å². The van der Waals surface area contributed by atoms with Crippen LogP contribution in [-0.2, 0) is 0 Å². The highest BCUT2D eigenvalue weighted by molar-refractivity contribution is 7.21. The van der Waals surface area contributed by atoms with Gasteiger partial charge in [-0.3, -0.25) is 0 Å². The van der Waals surface area contributed by atoms with E-state index in [0.717, 1.165) is 11.3 Å². The molecule has 0 saturated heterocycles. The molecule has 1 aromatic carbocycles. The summed E-state index contributed by atoms with van der Waals surface area (Å²) in [6.07, 6.45) is 0. The van der Waals surface area contributed by atoms with E-state index >= 15 is 0 Å². The molecule has 0 spiro atoms. The largest absolute Gasteiger partial charge is 0.504 e. The monoisotopic (exact) mass is 272 g/mol. The summed E-state index contributed by atoms with van der Waals surface area (Å²) in [4.78, 5) is 11.0. The van der Waals surface area contributed by atoms with Gasteiger partial charge in [-0.05, 0) is 13.0 Å². The number of phenolic OH excluding ortho intramolecular Hbond substituents is 1. The third kappa shape index (κ3) is 2.03. The number of benzene rings is 1. The van der Waals surface area contributed by atoms with Crippen molar-refractivity contribution in [3.63, 3.8) is 0 Å². The molecule has 0 unspecified atom stereocenters. The summed E-state index contributed by atoms with van der Waals surface area (Å²) in [5.74, 6) is -0.792. The van der Waals surface area contributed by atoms with E-state index in [1.807, 2.05) is 0 Å². The van der Waals surface area contributed by atoms with Gasteiger partial charge >= 0.3 is 5.97 Å². The Kier molecular flexibility index (Phi) is 3.13. The van der Waals surface area contributed by atoms with Crippen molar-refractivity contribution >= 4 is 39.0 Å². The van der Waals surface area contributed by atoms with E-state index in [0.29, 0.717) is 22.4 Å². The van der Waals surface area contributed by atoms with Crippen LogP contribution in [0.2, 0.25) is 5.02 Å². The second-order valence-corrected chi connectivity index (χ2v) is 4.73. The molecule has 6 heteroatoms. The van der Waals surface area contributed by atoms with Gasteiger partial charge in [0.2, 0.25) is 0 Å². The van der Waals surface area contributed by atoms with E-state index in [4.69, 9.17) is 21.4 Å². The number of fused-ring (bicyclic) bond motifs is 1. The van der Waals surface area contributed by atoms with Crippen molar-refractivity contribution in [1.82, 2.24) is 0 Å². The highest BCUT2D eigenvalue weighted by atomic mass is 35.5. The van der Waals surface area contributed by atoms with Crippen LogP contribution in [0.3, 0.4) is 0 Å². The molecule has 0 aliphatic rings. The Bertz CT molecular complexity index is 591. The number of aromatic carboxylic acids is 1. The van der Waals surface area contributed by atoms with Crippen molar-refractivity contribution in [2.75, 3.05) is 6.61 Å². The second kappa shape index (κ2) is 4.43. The molecule has 2 aromatic rings. The first-order valence-corrected chi connectivity index (χ1v) is 6.05. The number of carboxylic acid groups (broad SMARTS) is 1. The molecular formula is C11H9ClO4S. The lowest BCUT2D eigenvalue weighted by Gasteiger charge is -2.05. The average molecular weight is 273 g/mol. The molecule has 0 aliphatic heterocycles. The summed E-state index contributed by atoms with van der Waals surface area (Å²) >= 11 is 6.99. The van der Waals surface area contributed by atoms with Crippen molar-refractivity contribution in [3.8, 4) is 11.5 Å². The number of rotatable bonds is 3. The molecule has 4 nitrogen and oxygen atoms in total.